The fraction of sp³-hybridized carbons (Fsp3) is 0.513. The van der Waals surface area contributed by atoms with Crippen LogP contribution in [-0.4, -0.2) is 65.3 Å². The van der Waals surface area contributed by atoms with Gasteiger partial charge in [0, 0.05) is 53.8 Å². The van der Waals surface area contributed by atoms with E-state index in [1.807, 2.05) is 30.5 Å². The first-order valence-electron chi connectivity index (χ1n) is 17.8. The highest BCUT2D eigenvalue weighted by Gasteiger charge is 2.44. The zero-order valence-electron chi connectivity index (χ0n) is 28.9. The maximum absolute atomic E-state index is 14.4. The number of aromatic nitrogens is 1. The second-order valence-corrected chi connectivity index (χ2v) is 18.4. The van der Waals surface area contributed by atoms with E-state index in [0.29, 0.717) is 43.3 Å². The Balaban J connectivity index is 1.24. The lowest BCUT2D eigenvalue weighted by Gasteiger charge is -2.46. The van der Waals surface area contributed by atoms with Gasteiger partial charge in [0.25, 0.3) is 5.91 Å². The molecule has 50 heavy (non-hydrogen) atoms. The number of ketones is 1. The normalized spacial score (nSPS) is 28.7. The molecule has 8 nitrogen and oxygen atoms in total. The van der Waals surface area contributed by atoms with Gasteiger partial charge in [0.2, 0.25) is 0 Å². The number of ether oxygens (including phenoxy) is 2. The number of benzene rings is 2. The molecule has 2 aromatic carbocycles. The molecule has 3 heterocycles. The minimum Gasteiger partial charge on any atom is -0.490 e. The van der Waals surface area contributed by atoms with Crippen LogP contribution in [0.15, 0.2) is 58.3 Å². The van der Waals surface area contributed by atoms with Gasteiger partial charge in [-0.05, 0) is 112 Å². The van der Waals surface area contributed by atoms with E-state index in [4.69, 9.17) is 21.1 Å². The number of methoxy groups -OCH3 is 1. The number of halogens is 1. The number of rotatable bonds is 6. The number of nitrogens with zero attached hydrogens (tertiary/aromatic N) is 3. The van der Waals surface area contributed by atoms with Crippen LogP contribution in [-0.2, 0) is 37.5 Å². The Morgan fingerprint density at radius 1 is 1.20 bits per heavy atom. The van der Waals surface area contributed by atoms with E-state index in [9.17, 15) is 13.8 Å². The van der Waals surface area contributed by atoms with Crippen molar-refractivity contribution in [3.63, 3.8) is 0 Å². The number of aryl methyl sites for hydroxylation is 3. The topological polar surface area (TPSA) is 98.2 Å². The number of carbonyl (C=O) groups excluding carboxylic acids is 2. The van der Waals surface area contributed by atoms with Crippen LogP contribution in [0.1, 0.15) is 77.1 Å². The summed E-state index contributed by atoms with van der Waals surface area (Å²) < 4.78 is 31.4. The molecule has 4 aliphatic rings. The standard InChI is InChI=1S/C39H46ClN3O5S2/c1-26-41-31(22-49-26)12-13-32(44)23-50(46)18-5-3-4-8-36(47-2)33-14-9-29(33)21-43-24-39(17-6-7-27-19-30(40)11-15-34(27)39)25-48-37-16-10-28(20-35(37)43)38(45)42-50/h4,8,10-11,15-16,19-20,22,29,33,36H,3,5-7,9,12-14,17-18,21,23-25H2,1-2H3/b8-4+/t29-,33+,36-,39-,50+/m0/s1. The molecule has 3 aromatic rings. The van der Waals surface area contributed by atoms with E-state index in [1.165, 1.54) is 11.1 Å². The lowest BCUT2D eigenvalue weighted by atomic mass is 9.68. The Morgan fingerprint density at radius 3 is 2.86 bits per heavy atom. The number of anilines is 1. The van der Waals surface area contributed by atoms with Crippen molar-refractivity contribution in [2.45, 2.75) is 76.2 Å². The third kappa shape index (κ3) is 7.59. The molecular formula is C39H46ClN3O5S2. The zero-order chi connectivity index (χ0) is 34.9. The van der Waals surface area contributed by atoms with Gasteiger partial charge in [-0.1, -0.05) is 29.8 Å². The number of hydrogen-bond acceptors (Lipinski definition) is 8. The van der Waals surface area contributed by atoms with E-state index in [1.54, 1.807) is 24.5 Å². The van der Waals surface area contributed by atoms with Crippen LogP contribution < -0.4 is 9.64 Å². The van der Waals surface area contributed by atoms with E-state index in [-0.39, 0.29) is 35.2 Å². The van der Waals surface area contributed by atoms with Crippen molar-refractivity contribution >= 4 is 50.0 Å². The van der Waals surface area contributed by atoms with E-state index >= 15 is 0 Å². The summed E-state index contributed by atoms with van der Waals surface area (Å²) in [5.41, 5.74) is 4.39. The summed E-state index contributed by atoms with van der Waals surface area (Å²) in [7, 11) is -1.38. The van der Waals surface area contributed by atoms with Gasteiger partial charge in [-0.15, -0.1) is 11.3 Å². The number of carbonyl (C=O) groups is 2. The Hall–Kier alpha value is -3.05. The molecule has 11 heteroatoms. The summed E-state index contributed by atoms with van der Waals surface area (Å²) in [4.78, 5) is 34.0. The van der Waals surface area contributed by atoms with Gasteiger partial charge in [-0.25, -0.2) is 9.19 Å². The van der Waals surface area contributed by atoms with Gasteiger partial charge in [-0.2, -0.15) is 4.36 Å². The minimum atomic E-state index is -3.15. The van der Waals surface area contributed by atoms with Crippen molar-refractivity contribution in [2.75, 3.05) is 43.2 Å². The van der Waals surface area contributed by atoms with E-state index in [0.717, 1.165) is 72.4 Å². The Labute approximate surface area is 304 Å². The molecule has 1 amide bonds. The third-order valence-electron chi connectivity index (χ3n) is 11.0. The highest BCUT2D eigenvalue weighted by molar-refractivity contribution is 7.94. The van der Waals surface area contributed by atoms with Gasteiger partial charge < -0.3 is 14.4 Å². The van der Waals surface area contributed by atoms with Gasteiger partial charge in [-0.3, -0.25) is 9.59 Å². The average molecular weight is 736 g/mol. The molecule has 7 rings (SSSR count). The average Bonchev–Trinajstić information content (AvgIpc) is 3.44. The molecule has 0 unspecified atom stereocenters. The van der Waals surface area contributed by atoms with Crippen molar-refractivity contribution in [1.82, 2.24) is 4.98 Å². The van der Waals surface area contributed by atoms with Crippen LogP contribution in [0.25, 0.3) is 0 Å². The summed E-state index contributed by atoms with van der Waals surface area (Å²) in [5, 5.41) is 3.64. The molecule has 2 bridgehead atoms. The maximum Gasteiger partial charge on any atom is 0.285 e. The maximum atomic E-state index is 14.4. The molecule has 1 saturated carbocycles. The first-order chi connectivity index (χ1) is 24.1. The summed E-state index contributed by atoms with van der Waals surface area (Å²) in [6, 6.07) is 11.7. The molecular weight excluding hydrogens is 690 g/mol. The Bertz CT molecular complexity index is 1920. The van der Waals surface area contributed by atoms with Crippen molar-refractivity contribution in [3.8, 4) is 5.75 Å². The fourth-order valence-corrected chi connectivity index (χ4v) is 11.1. The van der Waals surface area contributed by atoms with Crippen molar-refractivity contribution < 1.29 is 23.3 Å². The fourth-order valence-electron chi connectivity index (χ4n) is 8.31. The number of amides is 1. The monoisotopic (exact) mass is 735 g/mol. The van der Waals surface area contributed by atoms with Crippen LogP contribution in [0, 0.1) is 18.8 Å². The molecule has 266 valence electrons. The first-order valence-corrected chi connectivity index (χ1v) is 20.9. The van der Waals surface area contributed by atoms with Crippen LogP contribution in [0.4, 0.5) is 5.69 Å². The number of Topliss-reactive ketones (excluding diaryl/α,β-unsaturated/α-hetero) is 1. The summed E-state index contributed by atoms with van der Waals surface area (Å²) in [6.07, 6.45) is 11.4. The quantitative estimate of drug-likeness (QED) is 0.239. The SMILES string of the molecule is CO[C@H]1/C=C/CCC[S@@](=O)(CC(=O)CCc2csc(C)n2)=NC(=O)c2ccc3c(c2)N(C[C@@H]2CC[C@H]21)C[C@@]1(CCCc2cc(Cl)ccc21)CO3. The number of thiazole rings is 1. The molecule has 1 fully saturated rings. The zero-order valence-corrected chi connectivity index (χ0v) is 31.3. The van der Waals surface area contributed by atoms with Crippen molar-refractivity contribution in [2.24, 2.45) is 16.2 Å². The smallest absolute Gasteiger partial charge is 0.285 e. The second kappa shape index (κ2) is 14.9. The predicted octanol–water partition coefficient (Wildman–Crippen LogP) is 7.78. The summed E-state index contributed by atoms with van der Waals surface area (Å²) in [5.74, 6) is 0.708. The minimum absolute atomic E-state index is 0.0197. The Kier molecular flexibility index (Phi) is 10.5. The van der Waals surface area contributed by atoms with Crippen LogP contribution >= 0.6 is 22.9 Å². The van der Waals surface area contributed by atoms with Gasteiger partial charge >= 0.3 is 0 Å². The molecule has 2 aliphatic heterocycles. The summed E-state index contributed by atoms with van der Waals surface area (Å²) in [6.45, 7) is 4.00. The predicted molar refractivity (Wildman–Crippen MR) is 200 cm³/mol. The van der Waals surface area contributed by atoms with Gasteiger partial charge in [0.05, 0.1) is 44.6 Å². The lowest BCUT2D eigenvalue weighted by Crippen LogP contribution is -2.49. The Morgan fingerprint density at radius 2 is 2.08 bits per heavy atom. The highest BCUT2D eigenvalue weighted by Crippen LogP contribution is 2.47. The van der Waals surface area contributed by atoms with Gasteiger partial charge in [0.1, 0.15) is 11.5 Å². The van der Waals surface area contributed by atoms with E-state index < -0.39 is 15.6 Å². The number of hydrogen-bond donors (Lipinski definition) is 0. The van der Waals surface area contributed by atoms with Crippen LogP contribution in [0.3, 0.4) is 0 Å². The molecule has 2 aliphatic carbocycles. The molecule has 0 saturated heterocycles. The van der Waals surface area contributed by atoms with Crippen LogP contribution in [0.5, 0.6) is 5.75 Å². The molecule has 1 spiro atoms. The van der Waals surface area contributed by atoms with Crippen molar-refractivity contribution in [3.05, 3.63) is 86.3 Å². The lowest BCUT2D eigenvalue weighted by molar-refractivity contribution is -0.116. The highest BCUT2D eigenvalue weighted by atomic mass is 35.5. The largest absolute Gasteiger partial charge is 0.490 e. The van der Waals surface area contributed by atoms with Crippen molar-refractivity contribution in [1.29, 1.82) is 0 Å². The van der Waals surface area contributed by atoms with Crippen LogP contribution in [0.2, 0.25) is 5.02 Å². The molecule has 0 N–H and O–H groups in total. The third-order valence-corrected chi connectivity index (χ3v) is 14.3. The van der Waals surface area contributed by atoms with E-state index in [2.05, 4.69) is 38.5 Å². The first kappa shape index (κ1) is 35.4. The molecule has 1 aromatic heterocycles. The van der Waals surface area contributed by atoms with Gasteiger partial charge in [0.15, 0.2) is 0 Å². The number of allylic oxidation sites excluding steroid dienone is 1. The summed E-state index contributed by atoms with van der Waals surface area (Å²) >= 11 is 8.00. The number of fused-ring (bicyclic) bond motifs is 4. The molecule has 5 atom stereocenters. The second-order valence-electron chi connectivity index (χ2n) is 14.5. The molecule has 0 radical (unpaired) electrons.